The van der Waals surface area contributed by atoms with Crippen LogP contribution in [0.1, 0.15) is 22.3 Å². The maximum Gasteiger partial charge on any atom is 0.137 e. The van der Waals surface area contributed by atoms with E-state index in [1.807, 2.05) is 23.5 Å². The van der Waals surface area contributed by atoms with Crippen LogP contribution in [0.4, 0.5) is 17.1 Å². The molecule has 1 aliphatic carbocycles. The first-order valence-electron chi connectivity index (χ1n) is 19.8. The maximum atomic E-state index is 6.41. The average Bonchev–Trinajstić information content (AvgIpc) is 3.95. The Morgan fingerprint density at radius 1 is 0.362 bits per heavy atom. The molecule has 0 aliphatic heterocycles. The molecular weight excluding hydrogens is 723 g/mol. The lowest BCUT2D eigenvalue weighted by atomic mass is 9.67. The molecule has 0 unspecified atom stereocenters. The monoisotopic (exact) mass is 757 g/mol. The molecule has 2 nitrogen and oxygen atoms in total. The normalized spacial score (nSPS) is 13.0. The minimum Gasteiger partial charge on any atom is -0.456 e. The first-order valence-corrected chi connectivity index (χ1v) is 20.6. The van der Waals surface area contributed by atoms with E-state index in [4.69, 9.17) is 4.42 Å². The molecule has 0 saturated carbocycles. The minimum absolute atomic E-state index is 0.429. The Bertz CT molecular complexity index is 3300. The quantitative estimate of drug-likeness (QED) is 0.168. The summed E-state index contributed by atoms with van der Waals surface area (Å²) in [5.74, 6) is 0. The lowest BCUT2D eigenvalue weighted by Gasteiger charge is -2.33. The van der Waals surface area contributed by atoms with Crippen LogP contribution in [0.3, 0.4) is 0 Å². The summed E-state index contributed by atoms with van der Waals surface area (Å²) in [6.45, 7) is 0. The summed E-state index contributed by atoms with van der Waals surface area (Å²) >= 11 is 1.87. The zero-order valence-corrected chi connectivity index (χ0v) is 32.3. The van der Waals surface area contributed by atoms with Crippen molar-refractivity contribution in [2.75, 3.05) is 4.90 Å². The van der Waals surface area contributed by atoms with Crippen molar-refractivity contribution in [3.63, 3.8) is 0 Å². The van der Waals surface area contributed by atoms with E-state index in [-0.39, 0.29) is 0 Å². The number of rotatable bonds is 6. The Balaban J connectivity index is 1.03. The minimum atomic E-state index is -0.429. The van der Waals surface area contributed by atoms with Crippen LogP contribution in [-0.2, 0) is 5.41 Å². The standard InChI is InChI=1S/C55H35NOS/c1-3-13-36(14-4-1)37-23-26-40(27-24-37)56(41-28-31-46-45-19-9-12-22-51(45)57-52(46)34-41)42-29-32-48-47-30-25-39(33-53(47)58-54(48)35-42)55(38-15-5-2-6-16-38)49-20-10-7-17-43(49)44-18-8-11-21-50(44)55/h1-35H. The van der Waals surface area contributed by atoms with Crippen molar-refractivity contribution >= 4 is 70.5 Å². The number of hydrogen-bond acceptors (Lipinski definition) is 3. The Morgan fingerprint density at radius 3 is 1.64 bits per heavy atom. The molecule has 0 fully saturated rings. The van der Waals surface area contributed by atoms with Gasteiger partial charge in [-0.3, -0.25) is 0 Å². The molecule has 2 aromatic heterocycles. The number of para-hydroxylation sites is 1. The van der Waals surface area contributed by atoms with Gasteiger partial charge in [-0.15, -0.1) is 11.3 Å². The zero-order valence-electron chi connectivity index (χ0n) is 31.5. The summed E-state index contributed by atoms with van der Waals surface area (Å²) < 4.78 is 8.95. The zero-order chi connectivity index (χ0) is 38.2. The summed E-state index contributed by atoms with van der Waals surface area (Å²) in [6, 6.07) is 77.5. The van der Waals surface area contributed by atoms with Crippen molar-refractivity contribution in [3.8, 4) is 22.3 Å². The second kappa shape index (κ2) is 12.9. The molecule has 11 aromatic rings. The third-order valence-corrected chi connectivity index (χ3v) is 13.3. The van der Waals surface area contributed by atoms with E-state index in [0.717, 1.165) is 39.0 Å². The van der Waals surface area contributed by atoms with Gasteiger partial charge in [-0.1, -0.05) is 158 Å². The molecule has 9 aromatic carbocycles. The van der Waals surface area contributed by atoms with Crippen LogP contribution in [0, 0.1) is 0 Å². The smallest absolute Gasteiger partial charge is 0.137 e. The number of nitrogens with zero attached hydrogens (tertiary/aromatic N) is 1. The number of hydrogen-bond donors (Lipinski definition) is 0. The highest BCUT2D eigenvalue weighted by molar-refractivity contribution is 7.25. The highest BCUT2D eigenvalue weighted by atomic mass is 32.1. The van der Waals surface area contributed by atoms with Crippen LogP contribution in [0.2, 0.25) is 0 Å². The molecule has 0 amide bonds. The Kier molecular flexibility index (Phi) is 7.35. The Labute approximate surface area is 340 Å². The van der Waals surface area contributed by atoms with E-state index in [9.17, 15) is 0 Å². The number of thiophene rings is 1. The number of anilines is 3. The molecule has 12 rings (SSSR count). The van der Waals surface area contributed by atoms with E-state index in [2.05, 4.69) is 205 Å². The number of furan rings is 1. The van der Waals surface area contributed by atoms with Crippen molar-refractivity contribution in [1.82, 2.24) is 0 Å². The summed E-state index contributed by atoms with van der Waals surface area (Å²) in [6.07, 6.45) is 0. The van der Waals surface area contributed by atoms with Gasteiger partial charge in [-0.2, -0.15) is 0 Å². The Hall–Kier alpha value is -7.20. The fourth-order valence-electron chi connectivity index (χ4n) is 9.58. The molecule has 272 valence electrons. The van der Waals surface area contributed by atoms with Gasteiger partial charge in [-0.25, -0.2) is 0 Å². The molecule has 1 aliphatic rings. The average molecular weight is 758 g/mol. The van der Waals surface area contributed by atoms with E-state index < -0.39 is 5.41 Å². The number of fused-ring (bicyclic) bond motifs is 9. The van der Waals surface area contributed by atoms with Gasteiger partial charge < -0.3 is 9.32 Å². The second-order valence-corrected chi connectivity index (χ2v) is 16.3. The fourth-order valence-corrected chi connectivity index (χ4v) is 10.8. The topological polar surface area (TPSA) is 16.4 Å². The summed E-state index contributed by atoms with van der Waals surface area (Å²) in [4.78, 5) is 2.35. The van der Waals surface area contributed by atoms with Crippen LogP contribution >= 0.6 is 11.3 Å². The van der Waals surface area contributed by atoms with Crippen molar-refractivity contribution < 1.29 is 4.42 Å². The highest BCUT2D eigenvalue weighted by Gasteiger charge is 2.46. The van der Waals surface area contributed by atoms with Crippen molar-refractivity contribution in [2.24, 2.45) is 0 Å². The summed E-state index contributed by atoms with van der Waals surface area (Å²) in [5, 5.41) is 4.80. The third-order valence-electron chi connectivity index (χ3n) is 12.2. The fraction of sp³-hybridized carbons (Fsp3) is 0.0182. The van der Waals surface area contributed by atoms with Gasteiger partial charge in [0.15, 0.2) is 0 Å². The molecule has 0 atom stereocenters. The molecule has 0 radical (unpaired) electrons. The number of benzene rings is 9. The predicted molar refractivity (Wildman–Crippen MR) is 244 cm³/mol. The van der Waals surface area contributed by atoms with Gasteiger partial charge in [0, 0.05) is 54.1 Å². The van der Waals surface area contributed by atoms with E-state index in [0.29, 0.717) is 0 Å². The largest absolute Gasteiger partial charge is 0.456 e. The summed E-state index contributed by atoms with van der Waals surface area (Å²) in [5.41, 5.74) is 14.8. The molecule has 2 heterocycles. The van der Waals surface area contributed by atoms with E-state index in [1.54, 1.807) is 0 Å². The lowest BCUT2D eigenvalue weighted by Crippen LogP contribution is -2.28. The Morgan fingerprint density at radius 2 is 0.897 bits per heavy atom. The van der Waals surface area contributed by atoms with Crippen LogP contribution < -0.4 is 4.90 Å². The van der Waals surface area contributed by atoms with Crippen LogP contribution in [0.15, 0.2) is 217 Å². The molecule has 0 saturated heterocycles. The van der Waals surface area contributed by atoms with Gasteiger partial charge in [-0.05, 0) is 93.0 Å². The van der Waals surface area contributed by atoms with Crippen LogP contribution in [0.5, 0.6) is 0 Å². The van der Waals surface area contributed by atoms with Crippen molar-refractivity contribution in [1.29, 1.82) is 0 Å². The van der Waals surface area contributed by atoms with Gasteiger partial charge in [0.25, 0.3) is 0 Å². The van der Waals surface area contributed by atoms with Crippen molar-refractivity contribution in [3.05, 3.63) is 235 Å². The molecule has 58 heavy (non-hydrogen) atoms. The highest BCUT2D eigenvalue weighted by Crippen LogP contribution is 2.56. The first-order chi connectivity index (χ1) is 28.7. The SMILES string of the molecule is c1ccc(-c2ccc(N(c3ccc4c(c3)oc3ccccc34)c3ccc4c(c3)sc3cc(C5(c6ccccc6)c6ccccc6-c6ccccc65)ccc34)cc2)cc1. The van der Waals surface area contributed by atoms with E-state index >= 15 is 0 Å². The molecule has 0 bridgehead atoms. The summed E-state index contributed by atoms with van der Waals surface area (Å²) in [7, 11) is 0. The first kappa shape index (κ1) is 33.0. The van der Waals surface area contributed by atoms with Gasteiger partial charge in [0.1, 0.15) is 11.2 Å². The van der Waals surface area contributed by atoms with Crippen LogP contribution in [0.25, 0.3) is 64.4 Å². The molecule has 0 spiro atoms. The van der Waals surface area contributed by atoms with Crippen molar-refractivity contribution in [2.45, 2.75) is 5.41 Å². The van der Waals surface area contributed by atoms with Gasteiger partial charge in [0.2, 0.25) is 0 Å². The third kappa shape index (κ3) is 4.90. The molecular formula is C55H35NOS. The lowest BCUT2D eigenvalue weighted by molar-refractivity contribution is 0.669. The van der Waals surface area contributed by atoms with Crippen LogP contribution in [-0.4, -0.2) is 0 Å². The van der Waals surface area contributed by atoms with Gasteiger partial charge in [0.05, 0.1) is 5.41 Å². The molecule has 0 N–H and O–H groups in total. The van der Waals surface area contributed by atoms with Gasteiger partial charge >= 0.3 is 0 Å². The predicted octanol–water partition coefficient (Wildman–Crippen LogP) is 15.5. The van der Waals surface area contributed by atoms with E-state index in [1.165, 1.54) is 64.7 Å². The maximum absolute atomic E-state index is 6.41. The second-order valence-electron chi connectivity index (χ2n) is 15.2. The molecule has 3 heteroatoms.